The van der Waals surface area contributed by atoms with Gasteiger partial charge in [-0.2, -0.15) is 0 Å². The minimum absolute atomic E-state index is 0.531. The number of aliphatic carboxylic acids is 1. The Kier molecular flexibility index (Phi) is 7.60. The van der Waals surface area contributed by atoms with Crippen molar-refractivity contribution >= 4 is 11.9 Å². The van der Waals surface area contributed by atoms with Gasteiger partial charge in [0.25, 0.3) is 0 Å². The number of methoxy groups -OCH3 is 1. The van der Waals surface area contributed by atoms with Gasteiger partial charge in [-0.15, -0.1) is 0 Å². The Labute approximate surface area is 81.4 Å². The molecule has 0 spiro atoms. The Morgan fingerprint density at radius 3 is 2.00 bits per heavy atom. The van der Waals surface area contributed by atoms with Gasteiger partial charge in [-0.25, -0.2) is 9.59 Å². The van der Waals surface area contributed by atoms with E-state index in [0.717, 1.165) is 13.0 Å². The van der Waals surface area contributed by atoms with Crippen molar-refractivity contribution < 1.29 is 29.6 Å². The fourth-order valence-corrected chi connectivity index (χ4v) is 0.152. The van der Waals surface area contributed by atoms with Gasteiger partial charge in [0, 0.05) is 0 Å². The zero-order valence-corrected chi connectivity index (χ0v) is 8.06. The van der Waals surface area contributed by atoms with Crippen LogP contribution in [-0.2, 0) is 14.3 Å². The number of ether oxygens (including phenoxy) is 1. The first kappa shape index (κ1) is 15.1. The molecule has 0 aromatic carbocycles. The molecule has 0 bridgehead atoms. The predicted molar refractivity (Wildman–Crippen MR) is 47.6 cm³/mol. The van der Waals surface area contributed by atoms with Crippen molar-refractivity contribution in [3.8, 4) is 0 Å². The van der Waals surface area contributed by atoms with Crippen molar-refractivity contribution in [2.24, 2.45) is 0 Å². The zero-order valence-electron chi connectivity index (χ0n) is 8.06. The molecule has 0 aliphatic heterocycles. The van der Waals surface area contributed by atoms with Crippen LogP contribution in [0, 0.1) is 0 Å². The summed E-state index contributed by atoms with van der Waals surface area (Å²) in [6, 6.07) is 0. The largest absolute Gasteiger partial charge is 0.479 e. The number of aliphatic hydroxyl groups is 2. The summed E-state index contributed by atoms with van der Waals surface area (Å²) in [5.74, 6) is -1.89. The van der Waals surface area contributed by atoms with Gasteiger partial charge in [-0.3, -0.25) is 0 Å². The van der Waals surface area contributed by atoms with Crippen molar-refractivity contribution in [1.29, 1.82) is 0 Å². The van der Waals surface area contributed by atoms with Gasteiger partial charge in [0.2, 0.25) is 0 Å². The van der Waals surface area contributed by atoms with Crippen LogP contribution in [0.3, 0.4) is 0 Å². The molecule has 0 heterocycles. The summed E-state index contributed by atoms with van der Waals surface area (Å²) >= 11 is 0. The lowest BCUT2D eigenvalue weighted by molar-refractivity contribution is -0.151. The molecule has 0 aliphatic rings. The minimum atomic E-state index is -1.78. The van der Waals surface area contributed by atoms with Crippen LogP contribution < -0.4 is 0 Å². The number of aliphatic hydroxyl groups excluding tert-OH is 1. The maximum Gasteiger partial charge on any atom is 0.339 e. The van der Waals surface area contributed by atoms with Crippen LogP contribution in [-0.4, -0.2) is 46.6 Å². The Hall–Kier alpha value is -1.40. The normalized spacial score (nSPS) is 12.9. The van der Waals surface area contributed by atoms with E-state index in [1.807, 2.05) is 0 Å². The first-order chi connectivity index (χ1) is 6.31. The van der Waals surface area contributed by atoms with E-state index in [2.05, 4.69) is 11.3 Å². The van der Waals surface area contributed by atoms with E-state index in [4.69, 9.17) is 15.3 Å². The van der Waals surface area contributed by atoms with E-state index in [1.165, 1.54) is 7.11 Å². The Balaban J connectivity index is 0. The number of hydrogen-bond donors (Lipinski definition) is 3. The van der Waals surface area contributed by atoms with Gasteiger partial charge in [0.1, 0.15) is 6.61 Å². The summed E-state index contributed by atoms with van der Waals surface area (Å²) in [4.78, 5) is 19.6. The monoisotopic (exact) mass is 206 g/mol. The van der Waals surface area contributed by atoms with E-state index < -0.39 is 24.1 Å². The third-order valence-electron chi connectivity index (χ3n) is 1.19. The Morgan fingerprint density at radius 2 is 2.00 bits per heavy atom. The molecule has 0 aliphatic carbocycles. The van der Waals surface area contributed by atoms with E-state index in [0.29, 0.717) is 0 Å². The highest BCUT2D eigenvalue weighted by atomic mass is 16.5. The molecule has 1 unspecified atom stereocenters. The Bertz CT molecular complexity index is 202. The number of esters is 1. The Morgan fingerprint density at radius 1 is 1.57 bits per heavy atom. The molecule has 3 N–H and O–H groups in total. The summed E-state index contributed by atoms with van der Waals surface area (Å²) in [6.07, 6.45) is 0.968. The smallest absolute Gasteiger partial charge is 0.339 e. The molecule has 6 heteroatoms. The molecule has 0 saturated heterocycles. The molecule has 1 atom stereocenters. The second-order valence-electron chi connectivity index (χ2n) is 2.39. The van der Waals surface area contributed by atoms with Crippen LogP contribution in [0.5, 0.6) is 0 Å². The van der Waals surface area contributed by atoms with Crippen molar-refractivity contribution in [3.05, 3.63) is 12.7 Å². The first-order valence-electron chi connectivity index (χ1n) is 3.58. The van der Waals surface area contributed by atoms with Crippen LogP contribution in [0.25, 0.3) is 0 Å². The molecule has 14 heavy (non-hydrogen) atoms. The summed E-state index contributed by atoms with van der Waals surface area (Å²) in [6.45, 7) is 3.75. The maximum atomic E-state index is 9.93. The van der Waals surface area contributed by atoms with Gasteiger partial charge < -0.3 is 20.1 Å². The van der Waals surface area contributed by atoms with Gasteiger partial charge in [0.15, 0.2) is 5.60 Å². The second kappa shape index (κ2) is 7.05. The minimum Gasteiger partial charge on any atom is -0.479 e. The quantitative estimate of drug-likeness (QED) is 0.411. The zero-order chi connectivity index (χ0) is 11.8. The summed E-state index contributed by atoms with van der Waals surface area (Å²) in [5.41, 5.74) is -1.78. The summed E-state index contributed by atoms with van der Waals surface area (Å²) in [7, 11) is 1.22. The highest BCUT2D eigenvalue weighted by molar-refractivity contribution is 5.78. The van der Waals surface area contributed by atoms with Crippen LogP contribution in [0.15, 0.2) is 12.7 Å². The lowest BCUT2D eigenvalue weighted by Gasteiger charge is -2.09. The number of carboxylic acid groups (broad SMARTS) is 1. The second-order valence-corrected chi connectivity index (χ2v) is 2.39. The predicted octanol–water partition coefficient (Wildman–Crippen LogP) is -0.840. The highest BCUT2D eigenvalue weighted by Crippen LogP contribution is 2.01. The number of rotatable bonds is 3. The van der Waals surface area contributed by atoms with Crippen molar-refractivity contribution in [2.75, 3.05) is 13.7 Å². The topological polar surface area (TPSA) is 104 Å². The molecule has 0 rings (SSSR count). The van der Waals surface area contributed by atoms with Gasteiger partial charge in [0.05, 0.1) is 7.11 Å². The van der Waals surface area contributed by atoms with Gasteiger partial charge in [-0.1, -0.05) is 6.58 Å². The third-order valence-corrected chi connectivity index (χ3v) is 1.19. The third kappa shape index (κ3) is 7.26. The van der Waals surface area contributed by atoms with Crippen LogP contribution in [0.1, 0.15) is 6.92 Å². The molecule has 6 nitrogen and oxygen atoms in total. The number of carboxylic acids is 1. The van der Waals surface area contributed by atoms with Crippen LogP contribution in [0.4, 0.5) is 0 Å². The van der Waals surface area contributed by atoms with Crippen LogP contribution >= 0.6 is 0 Å². The maximum absolute atomic E-state index is 9.93. The van der Waals surface area contributed by atoms with Gasteiger partial charge in [-0.05, 0) is 13.0 Å². The SMILES string of the molecule is C=CC(C)(O)C(=O)O.COC(=O)CO. The van der Waals surface area contributed by atoms with Crippen molar-refractivity contribution in [3.63, 3.8) is 0 Å². The van der Waals surface area contributed by atoms with Gasteiger partial charge >= 0.3 is 11.9 Å². The van der Waals surface area contributed by atoms with Crippen molar-refractivity contribution in [2.45, 2.75) is 12.5 Å². The molecule has 0 amide bonds. The fourth-order valence-electron chi connectivity index (χ4n) is 0.152. The molecule has 0 fully saturated rings. The molecule has 82 valence electrons. The average molecular weight is 206 g/mol. The van der Waals surface area contributed by atoms with Crippen molar-refractivity contribution in [1.82, 2.24) is 0 Å². The van der Waals surface area contributed by atoms with Crippen LogP contribution in [0.2, 0.25) is 0 Å². The molecule has 0 aromatic rings. The average Bonchev–Trinajstić information content (AvgIpc) is 2.17. The highest BCUT2D eigenvalue weighted by Gasteiger charge is 2.24. The van der Waals surface area contributed by atoms with E-state index in [1.54, 1.807) is 0 Å². The number of carbonyl (C=O) groups is 2. The fraction of sp³-hybridized carbons (Fsp3) is 0.500. The van der Waals surface area contributed by atoms with E-state index in [-0.39, 0.29) is 0 Å². The molecule has 0 saturated carbocycles. The molecular formula is C8H14O6. The molecule has 0 aromatic heterocycles. The lowest BCUT2D eigenvalue weighted by Crippen LogP contribution is -2.31. The molecular weight excluding hydrogens is 192 g/mol. The number of carbonyl (C=O) groups excluding carboxylic acids is 1. The summed E-state index contributed by atoms with van der Waals surface area (Å²) < 4.78 is 4.01. The standard InChI is InChI=1S/C5H8O3.C3H6O3/c1-3-5(2,8)4(6)7;1-6-3(5)2-4/h3,8H,1H2,2H3,(H,6,7);4H,2H2,1H3. The van der Waals surface area contributed by atoms with E-state index >= 15 is 0 Å². The lowest BCUT2D eigenvalue weighted by atomic mass is 10.1. The molecule has 0 radical (unpaired) electrons. The first-order valence-corrected chi connectivity index (χ1v) is 3.58. The van der Waals surface area contributed by atoms with E-state index in [9.17, 15) is 9.59 Å². The summed E-state index contributed by atoms with van der Waals surface area (Å²) in [5, 5.41) is 24.7. The number of hydrogen-bond acceptors (Lipinski definition) is 5.